The number of hydrogen-bond acceptors (Lipinski definition) is 6. The van der Waals surface area contributed by atoms with E-state index in [0.29, 0.717) is 40.9 Å². The molecule has 174 valence electrons. The molecule has 33 heavy (non-hydrogen) atoms. The standard InChI is InChI=1S/C25H26ClNO6/c1-3-32-19-11-8-16(13-20(19)31-2)22-21(23(28)15-6-9-17(26)10-7-15)24(29)25(30)27(22)14-18-5-4-12-33-18/h6-11,13,18,22,28H,3-5,12,14H2,1-2H3/b23-21-. The van der Waals surface area contributed by atoms with E-state index in [-0.39, 0.29) is 24.0 Å². The zero-order valence-electron chi connectivity index (χ0n) is 18.5. The number of carbonyl (C=O) groups excluding carboxylic acids is 2. The molecule has 0 aromatic heterocycles. The third kappa shape index (κ3) is 4.56. The van der Waals surface area contributed by atoms with Gasteiger partial charge in [0.25, 0.3) is 11.7 Å². The van der Waals surface area contributed by atoms with Gasteiger partial charge in [0.2, 0.25) is 0 Å². The van der Waals surface area contributed by atoms with E-state index < -0.39 is 17.7 Å². The number of carbonyl (C=O) groups is 2. The summed E-state index contributed by atoms with van der Waals surface area (Å²) >= 11 is 5.98. The number of likely N-dealkylation sites (tertiary alicyclic amines) is 1. The Morgan fingerprint density at radius 1 is 1.18 bits per heavy atom. The molecule has 0 saturated carbocycles. The highest BCUT2D eigenvalue weighted by Crippen LogP contribution is 2.42. The largest absolute Gasteiger partial charge is 0.507 e. The highest BCUT2D eigenvalue weighted by molar-refractivity contribution is 6.46. The van der Waals surface area contributed by atoms with E-state index >= 15 is 0 Å². The van der Waals surface area contributed by atoms with Crippen molar-refractivity contribution < 1.29 is 28.9 Å². The molecule has 2 aliphatic rings. The Labute approximate surface area is 197 Å². The van der Waals surface area contributed by atoms with Crippen LogP contribution in [-0.4, -0.2) is 54.7 Å². The van der Waals surface area contributed by atoms with E-state index in [4.69, 9.17) is 25.8 Å². The molecular formula is C25H26ClNO6. The van der Waals surface area contributed by atoms with Crippen LogP contribution in [0.2, 0.25) is 5.02 Å². The minimum absolute atomic E-state index is 0.0199. The first kappa shape index (κ1) is 23.1. The van der Waals surface area contributed by atoms with Crippen LogP contribution in [0.3, 0.4) is 0 Å². The summed E-state index contributed by atoms with van der Waals surface area (Å²) in [6, 6.07) is 10.9. The van der Waals surface area contributed by atoms with Gasteiger partial charge in [-0.15, -0.1) is 0 Å². The van der Waals surface area contributed by atoms with Gasteiger partial charge in [-0.2, -0.15) is 0 Å². The second-order valence-corrected chi connectivity index (χ2v) is 8.37. The van der Waals surface area contributed by atoms with Gasteiger partial charge in [0.05, 0.1) is 31.4 Å². The fourth-order valence-corrected chi connectivity index (χ4v) is 4.44. The first-order chi connectivity index (χ1) is 15.9. The number of aliphatic hydroxyl groups is 1. The van der Waals surface area contributed by atoms with Crippen LogP contribution in [0.15, 0.2) is 48.0 Å². The van der Waals surface area contributed by atoms with Gasteiger partial charge in [-0.25, -0.2) is 0 Å². The zero-order chi connectivity index (χ0) is 23.5. The van der Waals surface area contributed by atoms with Crippen molar-refractivity contribution in [2.75, 3.05) is 26.9 Å². The average Bonchev–Trinajstić information content (AvgIpc) is 3.42. The van der Waals surface area contributed by atoms with Crippen LogP contribution in [0, 0.1) is 0 Å². The summed E-state index contributed by atoms with van der Waals surface area (Å²) in [5.74, 6) is -0.629. The molecule has 1 N–H and O–H groups in total. The topological polar surface area (TPSA) is 85.3 Å². The van der Waals surface area contributed by atoms with Gasteiger partial charge < -0.3 is 24.2 Å². The van der Waals surface area contributed by atoms with Crippen molar-refractivity contribution in [2.24, 2.45) is 0 Å². The van der Waals surface area contributed by atoms with Crippen molar-refractivity contribution in [1.82, 2.24) is 4.90 Å². The molecule has 2 aromatic carbocycles. The summed E-state index contributed by atoms with van der Waals surface area (Å²) in [6.45, 7) is 3.21. The lowest BCUT2D eigenvalue weighted by molar-refractivity contribution is -0.140. The van der Waals surface area contributed by atoms with E-state index in [9.17, 15) is 14.7 Å². The summed E-state index contributed by atoms with van der Waals surface area (Å²) in [5.41, 5.74) is 1.05. The Bertz CT molecular complexity index is 1070. The Balaban J connectivity index is 1.83. The maximum Gasteiger partial charge on any atom is 0.295 e. The highest BCUT2D eigenvalue weighted by Gasteiger charge is 2.47. The van der Waals surface area contributed by atoms with Gasteiger partial charge in [-0.1, -0.05) is 17.7 Å². The Kier molecular flexibility index (Phi) is 6.91. The summed E-state index contributed by atoms with van der Waals surface area (Å²) in [6.07, 6.45) is 1.55. The minimum atomic E-state index is -0.797. The van der Waals surface area contributed by atoms with Crippen molar-refractivity contribution in [1.29, 1.82) is 0 Å². The van der Waals surface area contributed by atoms with Crippen LogP contribution in [0.1, 0.15) is 36.9 Å². The Hall–Kier alpha value is -3.03. The lowest BCUT2D eigenvalue weighted by Crippen LogP contribution is -2.36. The second-order valence-electron chi connectivity index (χ2n) is 7.94. The molecule has 2 saturated heterocycles. The summed E-state index contributed by atoms with van der Waals surface area (Å²) < 4.78 is 16.8. The van der Waals surface area contributed by atoms with Gasteiger partial charge >= 0.3 is 0 Å². The molecule has 2 aliphatic heterocycles. The molecule has 2 aromatic rings. The maximum absolute atomic E-state index is 13.1. The molecule has 2 fully saturated rings. The van der Waals surface area contributed by atoms with Crippen LogP contribution in [0.25, 0.3) is 5.76 Å². The van der Waals surface area contributed by atoms with E-state index in [0.717, 1.165) is 12.8 Å². The lowest BCUT2D eigenvalue weighted by Gasteiger charge is -2.28. The monoisotopic (exact) mass is 471 g/mol. The van der Waals surface area contributed by atoms with E-state index in [2.05, 4.69) is 0 Å². The van der Waals surface area contributed by atoms with Crippen molar-refractivity contribution in [3.8, 4) is 11.5 Å². The highest BCUT2D eigenvalue weighted by atomic mass is 35.5. The molecule has 0 radical (unpaired) electrons. The molecule has 0 spiro atoms. The number of nitrogens with zero attached hydrogens (tertiary/aromatic N) is 1. The van der Waals surface area contributed by atoms with E-state index in [1.54, 1.807) is 42.5 Å². The average molecular weight is 472 g/mol. The number of methoxy groups -OCH3 is 1. The molecule has 8 heteroatoms. The first-order valence-electron chi connectivity index (χ1n) is 10.9. The fraction of sp³-hybridized carbons (Fsp3) is 0.360. The van der Waals surface area contributed by atoms with Crippen molar-refractivity contribution in [3.63, 3.8) is 0 Å². The van der Waals surface area contributed by atoms with Crippen LogP contribution >= 0.6 is 11.6 Å². The number of ketones is 1. The third-order valence-electron chi connectivity index (χ3n) is 5.89. The number of rotatable bonds is 7. The number of hydrogen-bond donors (Lipinski definition) is 1. The van der Waals surface area contributed by atoms with Crippen molar-refractivity contribution >= 4 is 29.1 Å². The number of benzene rings is 2. The smallest absolute Gasteiger partial charge is 0.295 e. The van der Waals surface area contributed by atoms with E-state index in [1.807, 2.05) is 6.92 Å². The van der Waals surface area contributed by atoms with Crippen molar-refractivity contribution in [3.05, 3.63) is 64.2 Å². The van der Waals surface area contributed by atoms with Gasteiger partial charge in [0.1, 0.15) is 5.76 Å². The lowest BCUT2D eigenvalue weighted by atomic mass is 9.95. The SMILES string of the molecule is CCOc1ccc(C2/C(=C(/O)c3ccc(Cl)cc3)C(=O)C(=O)N2CC2CCCO2)cc1OC. The van der Waals surface area contributed by atoms with Crippen LogP contribution in [-0.2, 0) is 14.3 Å². The minimum Gasteiger partial charge on any atom is -0.507 e. The summed E-state index contributed by atoms with van der Waals surface area (Å²) in [5, 5.41) is 11.6. The molecule has 1 amide bonds. The molecule has 0 bridgehead atoms. The zero-order valence-corrected chi connectivity index (χ0v) is 19.3. The molecule has 4 rings (SSSR count). The fourth-order valence-electron chi connectivity index (χ4n) is 4.31. The third-order valence-corrected chi connectivity index (χ3v) is 6.14. The molecular weight excluding hydrogens is 446 g/mol. The number of amides is 1. The molecule has 2 unspecified atom stereocenters. The Morgan fingerprint density at radius 2 is 1.94 bits per heavy atom. The van der Waals surface area contributed by atoms with Gasteiger partial charge in [0.15, 0.2) is 11.5 Å². The summed E-state index contributed by atoms with van der Waals surface area (Å²) in [4.78, 5) is 27.7. The van der Waals surface area contributed by atoms with Crippen LogP contribution < -0.4 is 9.47 Å². The second kappa shape index (κ2) is 9.85. The number of ether oxygens (including phenoxy) is 3. The van der Waals surface area contributed by atoms with Crippen LogP contribution in [0.4, 0.5) is 0 Å². The van der Waals surface area contributed by atoms with Gasteiger partial charge in [0, 0.05) is 23.7 Å². The van der Waals surface area contributed by atoms with Gasteiger partial charge in [-0.05, 0) is 61.7 Å². The normalized spacial score (nSPS) is 22.1. The molecule has 2 heterocycles. The first-order valence-corrected chi connectivity index (χ1v) is 11.3. The summed E-state index contributed by atoms with van der Waals surface area (Å²) in [7, 11) is 1.53. The molecule has 2 atom stereocenters. The quantitative estimate of drug-likeness (QED) is 0.367. The molecule has 7 nitrogen and oxygen atoms in total. The number of aliphatic hydroxyl groups excluding tert-OH is 1. The number of Topliss-reactive ketones (excluding diaryl/α,β-unsaturated/α-hetero) is 1. The Morgan fingerprint density at radius 3 is 2.58 bits per heavy atom. The maximum atomic E-state index is 13.1. The number of halogens is 1. The molecule has 0 aliphatic carbocycles. The predicted molar refractivity (Wildman–Crippen MR) is 124 cm³/mol. The van der Waals surface area contributed by atoms with Gasteiger partial charge in [-0.3, -0.25) is 9.59 Å². The van der Waals surface area contributed by atoms with Crippen molar-refractivity contribution in [2.45, 2.75) is 31.9 Å². The van der Waals surface area contributed by atoms with Crippen LogP contribution in [0.5, 0.6) is 11.5 Å². The van der Waals surface area contributed by atoms with E-state index in [1.165, 1.54) is 12.0 Å². The predicted octanol–water partition coefficient (Wildman–Crippen LogP) is 4.35.